The molecule has 9 heteroatoms. The molecule has 1 aromatic heterocycles. The third-order valence-corrected chi connectivity index (χ3v) is 12.9. The van der Waals surface area contributed by atoms with Gasteiger partial charge in [-0.3, -0.25) is 0 Å². The molecule has 4 rings (SSSR count). The second kappa shape index (κ2) is 12.8. The Bertz CT molecular complexity index is 1400. The Morgan fingerprint density at radius 3 is 2.33 bits per heavy atom. The van der Waals surface area contributed by atoms with Gasteiger partial charge >= 0.3 is 12.1 Å². The van der Waals surface area contributed by atoms with E-state index in [1.54, 1.807) is 4.90 Å². The van der Waals surface area contributed by atoms with Gasteiger partial charge < -0.3 is 23.3 Å². The van der Waals surface area contributed by atoms with E-state index in [1.807, 2.05) is 69.3 Å². The van der Waals surface area contributed by atoms with Crippen LogP contribution in [0.2, 0.25) is 0 Å². The normalized spacial score (nSPS) is 16.9. The molecule has 3 aromatic rings. The van der Waals surface area contributed by atoms with Crippen molar-refractivity contribution in [1.82, 2.24) is 4.90 Å². The number of nitrogens with zero attached hydrogens (tertiary/aromatic N) is 1. The number of hydrogen-bond acceptors (Lipinski definition) is 7. The molecule has 1 aliphatic heterocycles. The molecule has 0 saturated carbocycles. The van der Waals surface area contributed by atoms with E-state index in [4.69, 9.17) is 18.4 Å². The Morgan fingerprint density at radius 1 is 1.00 bits per heavy atom. The number of carbonyl (C=O) groups excluding carboxylic acids is 2. The van der Waals surface area contributed by atoms with Gasteiger partial charge in [-0.05, 0) is 77.6 Å². The SMILES string of the molecule is CCS(C)(Oc1cccc(COC(=O)c2sc3ccccc3c2OC2CCN(C(=O)OC(C)(C)C)CC2)c1)C(C)(C)C. The molecule has 42 heavy (non-hydrogen) atoms. The van der Waals surface area contributed by atoms with Gasteiger partial charge in [0.15, 0.2) is 10.6 Å². The van der Waals surface area contributed by atoms with Crippen molar-refractivity contribution < 1.29 is 28.0 Å². The van der Waals surface area contributed by atoms with E-state index in [0.717, 1.165) is 27.2 Å². The Morgan fingerprint density at radius 2 is 1.69 bits per heavy atom. The Hall–Kier alpha value is -2.91. The van der Waals surface area contributed by atoms with Crippen molar-refractivity contribution in [1.29, 1.82) is 0 Å². The number of benzene rings is 2. The van der Waals surface area contributed by atoms with E-state index >= 15 is 0 Å². The first-order chi connectivity index (χ1) is 19.7. The van der Waals surface area contributed by atoms with Gasteiger partial charge in [-0.1, -0.05) is 41.5 Å². The zero-order valence-electron chi connectivity index (χ0n) is 26.2. The predicted octanol–water partition coefficient (Wildman–Crippen LogP) is 8.58. The van der Waals surface area contributed by atoms with Crippen molar-refractivity contribution in [2.75, 3.05) is 25.1 Å². The molecule has 0 N–H and O–H groups in total. The van der Waals surface area contributed by atoms with Crippen LogP contribution in [0.25, 0.3) is 10.1 Å². The van der Waals surface area contributed by atoms with E-state index in [9.17, 15) is 9.59 Å². The van der Waals surface area contributed by atoms with Gasteiger partial charge in [-0.25, -0.2) is 9.59 Å². The van der Waals surface area contributed by atoms with Gasteiger partial charge in [0, 0.05) is 46.5 Å². The summed E-state index contributed by atoms with van der Waals surface area (Å²) in [6, 6.07) is 15.6. The summed E-state index contributed by atoms with van der Waals surface area (Å²) in [5.74, 6) is 1.88. The van der Waals surface area contributed by atoms with Crippen LogP contribution in [0.4, 0.5) is 4.79 Å². The fourth-order valence-electron chi connectivity index (χ4n) is 4.65. The zero-order valence-corrected chi connectivity index (χ0v) is 27.8. The molecule has 1 saturated heterocycles. The topological polar surface area (TPSA) is 74.3 Å². The van der Waals surface area contributed by atoms with E-state index < -0.39 is 21.9 Å². The first-order valence-electron chi connectivity index (χ1n) is 14.6. The molecule has 1 atom stereocenters. The van der Waals surface area contributed by atoms with Gasteiger partial charge in [-0.15, -0.1) is 11.3 Å². The molecule has 230 valence electrons. The maximum Gasteiger partial charge on any atom is 0.410 e. The minimum absolute atomic E-state index is 0.0359. The summed E-state index contributed by atoms with van der Waals surface area (Å²) in [6.07, 6.45) is 3.08. The lowest BCUT2D eigenvalue weighted by Crippen LogP contribution is -2.44. The maximum atomic E-state index is 13.4. The molecule has 2 heterocycles. The van der Waals surface area contributed by atoms with Gasteiger partial charge in [-0.2, -0.15) is 0 Å². The standard InChI is InChI=1S/C33H45NO6S2/c1-9-42(8,33(5,6)7)40-25-14-12-13-23(21-25)22-37-30(35)29-28(26-15-10-11-16-27(26)41-29)38-24-17-19-34(20-18-24)31(36)39-32(2,3)4/h10-16,21,24H,9,17-20,22H2,1-8H3. The molecule has 0 radical (unpaired) electrons. The number of thiophene rings is 1. The highest BCUT2D eigenvalue weighted by Crippen LogP contribution is 2.56. The number of fused-ring (bicyclic) bond motifs is 1. The smallest absolute Gasteiger partial charge is 0.410 e. The van der Waals surface area contributed by atoms with Crippen molar-refractivity contribution in [3.8, 4) is 11.5 Å². The van der Waals surface area contributed by atoms with Gasteiger partial charge in [0.1, 0.15) is 24.1 Å². The lowest BCUT2D eigenvalue weighted by Gasteiger charge is -2.46. The number of likely N-dealkylation sites (tertiary alicyclic amines) is 1. The lowest BCUT2D eigenvalue weighted by atomic mass is 10.1. The molecular formula is C33H45NO6S2. The van der Waals surface area contributed by atoms with Crippen LogP contribution in [0.15, 0.2) is 48.5 Å². The summed E-state index contributed by atoms with van der Waals surface area (Å²) in [6.45, 7) is 15.6. The molecule has 1 aliphatic rings. The van der Waals surface area contributed by atoms with Crippen LogP contribution in [-0.4, -0.2) is 58.5 Å². The molecule has 2 aromatic carbocycles. The van der Waals surface area contributed by atoms with E-state index in [1.165, 1.54) is 11.3 Å². The summed E-state index contributed by atoms with van der Waals surface area (Å²) >= 11 is 1.38. The third kappa shape index (κ3) is 7.72. The highest BCUT2D eigenvalue weighted by atomic mass is 32.3. The number of ether oxygens (including phenoxy) is 3. The van der Waals surface area contributed by atoms with Crippen LogP contribution in [0, 0.1) is 0 Å². The Labute approximate surface area is 256 Å². The van der Waals surface area contributed by atoms with Crippen LogP contribution in [-0.2, 0) is 16.1 Å². The number of esters is 1. The number of piperidine rings is 1. The quantitative estimate of drug-likeness (QED) is 0.236. The highest BCUT2D eigenvalue weighted by molar-refractivity contribution is 8.30. The van der Waals surface area contributed by atoms with Gasteiger partial charge in [0.25, 0.3) is 0 Å². The summed E-state index contributed by atoms with van der Waals surface area (Å²) in [7, 11) is -1.34. The molecule has 1 amide bonds. The Balaban J connectivity index is 1.44. The van der Waals surface area contributed by atoms with Crippen LogP contribution < -0.4 is 8.92 Å². The molecule has 1 unspecified atom stereocenters. The van der Waals surface area contributed by atoms with Gasteiger partial charge in [0.05, 0.1) is 0 Å². The van der Waals surface area contributed by atoms with E-state index in [-0.39, 0.29) is 23.6 Å². The molecule has 0 spiro atoms. The van der Waals surface area contributed by atoms with Crippen molar-refractivity contribution in [3.05, 3.63) is 59.0 Å². The van der Waals surface area contributed by atoms with Gasteiger partial charge in [0.2, 0.25) is 0 Å². The largest absolute Gasteiger partial charge is 0.488 e. The minimum atomic E-state index is -1.34. The van der Waals surface area contributed by atoms with Crippen molar-refractivity contribution in [2.45, 2.75) is 84.4 Å². The number of carbonyl (C=O) groups is 2. The molecule has 0 aliphatic carbocycles. The number of rotatable bonds is 8. The summed E-state index contributed by atoms with van der Waals surface area (Å²) in [5, 5.41) is 0.892. The predicted molar refractivity (Wildman–Crippen MR) is 173 cm³/mol. The minimum Gasteiger partial charge on any atom is -0.488 e. The lowest BCUT2D eigenvalue weighted by molar-refractivity contribution is 0.0127. The van der Waals surface area contributed by atoms with E-state index in [0.29, 0.717) is 36.6 Å². The fraction of sp³-hybridized carbons (Fsp3) is 0.515. The van der Waals surface area contributed by atoms with Crippen LogP contribution in [0.5, 0.6) is 11.5 Å². The second-order valence-corrected chi connectivity index (χ2v) is 17.8. The summed E-state index contributed by atoms with van der Waals surface area (Å²) in [5.41, 5.74) is 0.332. The highest BCUT2D eigenvalue weighted by Gasteiger charge is 2.33. The molecular weight excluding hydrogens is 570 g/mol. The van der Waals surface area contributed by atoms with Crippen molar-refractivity contribution in [3.63, 3.8) is 0 Å². The molecule has 1 fully saturated rings. The average Bonchev–Trinajstić information content (AvgIpc) is 3.29. The Kier molecular flexibility index (Phi) is 9.72. The summed E-state index contributed by atoms with van der Waals surface area (Å²) in [4.78, 5) is 28.1. The second-order valence-electron chi connectivity index (χ2n) is 12.8. The number of amides is 1. The first-order valence-corrected chi connectivity index (χ1v) is 17.5. The fourth-order valence-corrected chi connectivity index (χ4v) is 7.45. The molecule has 7 nitrogen and oxygen atoms in total. The third-order valence-electron chi connectivity index (χ3n) is 7.51. The number of hydrogen-bond donors (Lipinski definition) is 0. The van der Waals surface area contributed by atoms with Crippen LogP contribution in [0.3, 0.4) is 0 Å². The van der Waals surface area contributed by atoms with Crippen molar-refractivity contribution in [2.24, 2.45) is 0 Å². The van der Waals surface area contributed by atoms with Crippen molar-refractivity contribution >= 4 is 43.8 Å². The molecule has 0 bridgehead atoms. The maximum absolute atomic E-state index is 13.4. The zero-order chi connectivity index (χ0) is 30.7. The monoisotopic (exact) mass is 615 g/mol. The van der Waals surface area contributed by atoms with Crippen LogP contribution >= 0.6 is 21.6 Å². The van der Waals surface area contributed by atoms with E-state index in [2.05, 4.69) is 34.0 Å². The first kappa shape index (κ1) is 32.0. The van der Waals surface area contributed by atoms with Crippen LogP contribution in [0.1, 0.15) is 76.5 Å². The summed E-state index contributed by atoms with van der Waals surface area (Å²) < 4.78 is 25.3. The average molecular weight is 616 g/mol.